The molecule has 1 fully saturated rings. The van der Waals surface area contributed by atoms with Gasteiger partial charge in [-0.1, -0.05) is 0 Å². The third-order valence-corrected chi connectivity index (χ3v) is 1.01. The van der Waals surface area contributed by atoms with E-state index in [1.54, 1.807) is 0 Å². The van der Waals surface area contributed by atoms with Crippen molar-refractivity contribution in [3.8, 4) is 0 Å². The molecule has 0 aromatic carbocycles. The van der Waals surface area contributed by atoms with Crippen LogP contribution in [0, 0.1) is 0 Å². The average Bonchev–Trinajstić information content (AvgIpc) is 1.88. The number of carboxylic acid groups (broad SMARTS) is 1. The molecule has 5 nitrogen and oxygen atoms in total. The van der Waals surface area contributed by atoms with Crippen LogP contribution in [-0.4, -0.2) is 32.3 Å². The maximum Gasteiger partial charge on any atom is 1.00 e. The third kappa shape index (κ3) is 5.13. The van der Waals surface area contributed by atoms with E-state index in [0.717, 1.165) is 0 Å². The first-order valence-corrected chi connectivity index (χ1v) is 2.86. The van der Waals surface area contributed by atoms with Crippen molar-refractivity contribution in [2.75, 3.05) is 19.8 Å². The van der Waals surface area contributed by atoms with Crippen molar-refractivity contribution in [3.63, 3.8) is 0 Å². The van der Waals surface area contributed by atoms with Gasteiger partial charge in [0.05, 0.1) is 19.8 Å². The van der Waals surface area contributed by atoms with Crippen molar-refractivity contribution in [2.24, 2.45) is 0 Å². The van der Waals surface area contributed by atoms with Gasteiger partial charge in [0.15, 0.2) is 6.29 Å². The predicted molar refractivity (Wildman–Crippen MR) is 27.0 cm³/mol. The van der Waals surface area contributed by atoms with Crippen LogP contribution in [0.25, 0.3) is 0 Å². The fraction of sp³-hybridized carbons (Fsp3) is 0.800. The molecule has 11 heavy (non-hydrogen) atoms. The zero-order valence-electron chi connectivity index (χ0n) is 6.24. The standard InChI is InChI=1S/C5H8O5.K/c6-5(7)10-4-3-8-1-2-9-4;/h4H,1-3H2,(H,6,7);/q;+1/p-1. The minimum Gasteiger partial charge on any atom is -0.519 e. The van der Waals surface area contributed by atoms with Crippen LogP contribution in [0.3, 0.4) is 0 Å². The van der Waals surface area contributed by atoms with Crippen LogP contribution < -0.4 is 56.5 Å². The van der Waals surface area contributed by atoms with E-state index in [4.69, 9.17) is 9.47 Å². The van der Waals surface area contributed by atoms with E-state index in [2.05, 4.69) is 4.74 Å². The summed E-state index contributed by atoms with van der Waals surface area (Å²) in [5, 5.41) is 9.80. The molecule has 0 radical (unpaired) electrons. The summed E-state index contributed by atoms with van der Waals surface area (Å²) in [4.78, 5) is 9.80. The van der Waals surface area contributed by atoms with E-state index >= 15 is 0 Å². The van der Waals surface area contributed by atoms with Gasteiger partial charge in [-0.3, -0.25) is 0 Å². The van der Waals surface area contributed by atoms with E-state index in [-0.39, 0.29) is 58.0 Å². The molecule has 1 heterocycles. The summed E-state index contributed by atoms with van der Waals surface area (Å²) in [7, 11) is 0. The van der Waals surface area contributed by atoms with Gasteiger partial charge in [-0.25, -0.2) is 0 Å². The number of ether oxygens (including phenoxy) is 3. The van der Waals surface area contributed by atoms with Gasteiger partial charge in [0, 0.05) is 0 Å². The third-order valence-electron chi connectivity index (χ3n) is 1.01. The van der Waals surface area contributed by atoms with Crippen molar-refractivity contribution in [1.82, 2.24) is 0 Å². The first-order chi connectivity index (χ1) is 4.79. The summed E-state index contributed by atoms with van der Waals surface area (Å²) in [5.74, 6) is 0. The monoisotopic (exact) mass is 186 g/mol. The molecule has 0 N–H and O–H groups in total. The quantitative estimate of drug-likeness (QED) is 0.306. The maximum absolute atomic E-state index is 9.80. The summed E-state index contributed by atoms with van der Waals surface area (Å²) in [5.41, 5.74) is 0. The molecule has 1 unspecified atom stereocenters. The topological polar surface area (TPSA) is 67.8 Å². The van der Waals surface area contributed by atoms with Gasteiger partial charge < -0.3 is 24.1 Å². The largest absolute Gasteiger partial charge is 1.00 e. The van der Waals surface area contributed by atoms with Crippen LogP contribution in [0.5, 0.6) is 0 Å². The Morgan fingerprint density at radius 2 is 2.27 bits per heavy atom. The zero-order valence-corrected chi connectivity index (χ0v) is 9.36. The molecule has 0 spiro atoms. The van der Waals surface area contributed by atoms with Crippen LogP contribution in [0.1, 0.15) is 0 Å². The molecule has 1 aliphatic rings. The van der Waals surface area contributed by atoms with Crippen molar-refractivity contribution < 1.29 is 75.5 Å². The minimum atomic E-state index is -1.59. The molecular weight excluding hydrogens is 179 g/mol. The van der Waals surface area contributed by atoms with Gasteiger partial charge in [-0.05, 0) is 0 Å². The second-order valence-corrected chi connectivity index (χ2v) is 1.74. The van der Waals surface area contributed by atoms with E-state index < -0.39 is 12.4 Å². The van der Waals surface area contributed by atoms with E-state index in [9.17, 15) is 9.90 Å². The summed E-state index contributed by atoms with van der Waals surface area (Å²) >= 11 is 0. The van der Waals surface area contributed by atoms with Crippen molar-refractivity contribution in [3.05, 3.63) is 0 Å². The second kappa shape index (κ2) is 6.35. The van der Waals surface area contributed by atoms with Crippen molar-refractivity contribution in [2.45, 2.75) is 6.29 Å². The molecule has 0 bridgehead atoms. The normalized spacial score (nSPS) is 23.5. The molecule has 1 aliphatic heterocycles. The second-order valence-electron chi connectivity index (χ2n) is 1.74. The number of hydrogen-bond donors (Lipinski definition) is 0. The van der Waals surface area contributed by atoms with E-state index in [0.29, 0.717) is 13.2 Å². The van der Waals surface area contributed by atoms with Gasteiger partial charge in [-0.2, -0.15) is 0 Å². The molecular formula is C5H7KO5. The van der Waals surface area contributed by atoms with Crippen molar-refractivity contribution >= 4 is 6.16 Å². The van der Waals surface area contributed by atoms with Crippen LogP contribution in [-0.2, 0) is 14.2 Å². The Hall–Kier alpha value is 0.826. The van der Waals surface area contributed by atoms with E-state index in [1.807, 2.05) is 0 Å². The Kier molecular flexibility index (Phi) is 6.83. The smallest absolute Gasteiger partial charge is 0.519 e. The first kappa shape index (κ1) is 11.8. The van der Waals surface area contributed by atoms with Crippen LogP contribution in [0.4, 0.5) is 4.79 Å². The Morgan fingerprint density at radius 1 is 1.55 bits per heavy atom. The molecule has 0 saturated carbocycles. The average molecular weight is 186 g/mol. The summed E-state index contributed by atoms with van der Waals surface area (Å²) in [6.45, 7) is 0.985. The molecule has 0 aromatic heterocycles. The molecule has 1 saturated heterocycles. The van der Waals surface area contributed by atoms with Gasteiger partial charge >= 0.3 is 51.4 Å². The SMILES string of the molecule is O=C([O-])OC1COCCO1.[K+]. The van der Waals surface area contributed by atoms with Gasteiger partial charge in [0.2, 0.25) is 0 Å². The number of rotatable bonds is 1. The van der Waals surface area contributed by atoms with E-state index in [1.165, 1.54) is 0 Å². The first-order valence-electron chi connectivity index (χ1n) is 2.86. The predicted octanol–water partition coefficient (Wildman–Crippen LogP) is -4.28. The fourth-order valence-corrected chi connectivity index (χ4v) is 0.642. The zero-order chi connectivity index (χ0) is 7.40. The summed E-state index contributed by atoms with van der Waals surface area (Å²) in [6.07, 6.45) is -2.39. The molecule has 0 aliphatic carbocycles. The fourth-order valence-electron chi connectivity index (χ4n) is 0.642. The number of hydrogen-bond acceptors (Lipinski definition) is 5. The summed E-state index contributed by atoms with van der Waals surface area (Å²) in [6, 6.07) is 0. The van der Waals surface area contributed by atoms with Crippen LogP contribution in [0.15, 0.2) is 0 Å². The van der Waals surface area contributed by atoms with Gasteiger partial charge in [0.25, 0.3) is 6.16 Å². The molecule has 1 rings (SSSR count). The molecule has 58 valence electrons. The Bertz CT molecular complexity index is 122. The Labute approximate surface area is 106 Å². The minimum absolute atomic E-state index is 0. The summed E-state index contributed by atoms with van der Waals surface area (Å²) < 4.78 is 13.8. The van der Waals surface area contributed by atoms with Gasteiger partial charge in [-0.15, -0.1) is 0 Å². The van der Waals surface area contributed by atoms with Crippen LogP contribution in [0.2, 0.25) is 0 Å². The Morgan fingerprint density at radius 3 is 2.73 bits per heavy atom. The number of carbonyl (C=O) groups excluding carboxylic acids is 1. The van der Waals surface area contributed by atoms with Crippen LogP contribution >= 0.6 is 0 Å². The number of carbonyl (C=O) groups is 1. The Balaban J connectivity index is 0.000001000. The maximum atomic E-state index is 9.80. The molecule has 0 aromatic rings. The van der Waals surface area contributed by atoms with Gasteiger partial charge in [0.1, 0.15) is 0 Å². The molecule has 1 atom stereocenters. The molecule has 6 heteroatoms. The molecule has 0 amide bonds. The van der Waals surface area contributed by atoms with Crippen molar-refractivity contribution in [1.29, 1.82) is 0 Å².